The van der Waals surface area contributed by atoms with Gasteiger partial charge in [0, 0.05) is 36.0 Å². The highest BCUT2D eigenvalue weighted by molar-refractivity contribution is 5.97. The van der Waals surface area contributed by atoms with Crippen molar-refractivity contribution >= 4 is 16.9 Å². The quantitative estimate of drug-likeness (QED) is 0.469. The van der Waals surface area contributed by atoms with E-state index in [-0.39, 0.29) is 18.3 Å². The molecule has 0 spiro atoms. The Labute approximate surface area is 166 Å². The van der Waals surface area contributed by atoms with Gasteiger partial charge in [-0.3, -0.25) is 9.48 Å². The van der Waals surface area contributed by atoms with Crippen LogP contribution in [0.5, 0.6) is 0 Å². The first-order valence-corrected chi connectivity index (χ1v) is 9.28. The van der Waals surface area contributed by atoms with E-state index < -0.39 is 6.10 Å². The summed E-state index contributed by atoms with van der Waals surface area (Å²) in [6.07, 6.45) is 2.51. The van der Waals surface area contributed by atoms with Gasteiger partial charge < -0.3 is 15.4 Å². The molecule has 2 heterocycles. The Hall–Kier alpha value is -3.52. The van der Waals surface area contributed by atoms with Crippen LogP contribution >= 0.6 is 0 Å². The number of imidazole rings is 1. The fourth-order valence-corrected chi connectivity index (χ4v) is 3.03. The molecule has 0 aliphatic heterocycles. The maximum Gasteiger partial charge on any atom is 0.251 e. The van der Waals surface area contributed by atoms with Crippen LogP contribution in [0.1, 0.15) is 28.9 Å². The molecule has 8 heteroatoms. The van der Waals surface area contributed by atoms with E-state index in [1.54, 1.807) is 47.4 Å². The van der Waals surface area contributed by atoms with Crippen LogP contribution in [-0.2, 0) is 6.54 Å². The van der Waals surface area contributed by atoms with Gasteiger partial charge in [-0.2, -0.15) is 5.10 Å². The van der Waals surface area contributed by atoms with E-state index in [0.29, 0.717) is 34.5 Å². The predicted molar refractivity (Wildman–Crippen MR) is 107 cm³/mol. The molecule has 0 saturated carbocycles. The molecule has 3 N–H and O–H groups in total. The number of aromatic amines is 1. The average molecular weight is 393 g/mol. The van der Waals surface area contributed by atoms with E-state index >= 15 is 0 Å². The molecule has 1 unspecified atom stereocenters. The number of nitrogens with one attached hydrogen (secondary N) is 2. The molecular formula is C21H20FN5O2. The number of aryl methyl sites for hydroxylation is 1. The first-order chi connectivity index (χ1) is 14.0. The number of aliphatic hydroxyl groups excluding tert-OH is 1. The molecule has 4 aromatic rings. The molecule has 1 amide bonds. The summed E-state index contributed by atoms with van der Waals surface area (Å²) in [6, 6.07) is 11.1. The van der Waals surface area contributed by atoms with Gasteiger partial charge >= 0.3 is 0 Å². The lowest BCUT2D eigenvalue weighted by atomic mass is 10.1. The molecule has 29 heavy (non-hydrogen) atoms. The summed E-state index contributed by atoms with van der Waals surface area (Å²) in [6.45, 7) is 2.75. The van der Waals surface area contributed by atoms with Gasteiger partial charge in [0.05, 0.1) is 23.3 Å². The summed E-state index contributed by atoms with van der Waals surface area (Å²) in [7, 11) is 0. The van der Waals surface area contributed by atoms with Crippen LogP contribution in [0.25, 0.3) is 22.4 Å². The fraction of sp³-hybridized carbons (Fsp3) is 0.190. The number of aliphatic hydroxyl groups is 1. The Morgan fingerprint density at radius 1 is 1.28 bits per heavy atom. The van der Waals surface area contributed by atoms with Crippen molar-refractivity contribution in [1.82, 2.24) is 25.1 Å². The van der Waals surface area contributed by atoms with Crippen LogP contribution in [0.15, 0.2) is 54.9 Å². The highest BCUT2D eigenvalue weighted by Gasteiger charge is 2.14. The number of H-pyrrole nitrogens is 1. The number of fused-ring (bicyclic) bond motifs is 1. The Balaban J connectivity index is 1.47. The summed E-state index contributed by atoms with van der Waals surface area (Å²) in [4.78, 5) is 20.1. The third-order valence-corrected chi connectivity index (χ3v) is 4.68. The zero-order valence-electron chi connectivity index (χ0n) is 15.8. The Morgan fingerprint density at radius 2 is 2.07 bits per heavy atom. The number of benzene rings is 2. The van der Waals surface area contributed by atoms with E-state index in [0.717, 1.165) is 5.56 Å². The van der Waals surface area contributed by atoms with Crippen molar-refractivity contribution in [3.63, 3.8) is 0 Å². The van der Waals surface area contributed by atoms with E-state index in [4.69, 9.17) is 0 Å². The van der Waals surface area contributed by atoms with Crippen LogP contribution in [0, 0.1) is 5.82 Å². The Kier molecular flexibility index (Phi) is 5.09. The number of nitrogens with zero attached hydrogens (tertiary/aromatic N) is 3. The standard InChI is InChI=1S/C21H20FN5O2/c1-2-27-12-15(10-24-27)19(28)11-23-21(29)14-5-8-17-18(9-14)26-20(25-17)13-3-6-16(22)7-4-13/h3-10,12,19,28H,2,11H2,1H3,(H,23,29)(H,25,26). The summed E-state index contributed by atoms with van der Waals surface area (Å²) >= 11 is 0. The summed E-state index contributed by atoms with van der Waals surface area (Å²) in [5.41, 5.74) is 3.25. The number of halogens is 1. The van der Waals surface area contributed by atoms with Crippen LogP contribution in [0.2, 0.25) is 0 Å². The molecule has 2 aromatic carbocycles. The molecule has 0 radical (unpaired) electrons. The topological polar surface area (TPSA) is 95.8 Å². The third-order valence-electron chi connectivity index (χ3n) is 4.68. The van der Waals surface area contributed by atoms with Gasteiger partial charge in [0.25, 0.3) is 5.91 Å². The normalized spacial score (nSPS) is 12.2. The van der Waals surface area contributed by atoms with Gasteiger partial charge in [-0.15, -0.1) is 0 Å². The lowest BCUT2D eigenvalue weighted by Crippen LogP contribution is -2.28. The van der Waals surface area contributed by atoms with Crippen molar-refractivity contribution < 1.29 is 14.3 Å². The lowest BCUT2D eigenvalue weighted by molar-refractivity contribution is 0.0916. The minimum Gasteiger partial charge on any atom is -0.386 e. The zero-order chi connectivity index (χ0) is 20.4. The van der Waals surface area contributed by atoms with E-state index in [1.807, 2.05) is 6.92 Å². The van der Waals surface area contributed by atoms with Crippen LogP contribution in [0.3, 0.4) is 0 Å². The minimum absolute atomic E-state index is 0.0794. The van der Waals surface area contributed by atoms with Crippen molar-refractivity contribution in [2.24, 2.45) is 0 Å². The maximum absolute atomic E-state index is 13.1. The van der Waals surface area contributed by atoms with Crippen LogP contribution < -0.4 is 5.32 Å². The van der Waals surface area contributed by atoms with Crippen molar-refractivity contribution in [2.45, 2.75) is 19.6 Å². The number of hydrogen-bond donors (Lipinski definition) is 3. The van der Waals surface area contributed by atoms with Gasteiger partial charge in [0.1, 0.15) is 11.6 Å². The third kappa shape index (κ3) is 4.02. The molecule has 148 valence electrons. The number of hydrogen-bond acceptors (Lipinski definition) is 4. The second kappa shape index (κ2) is 7.84. The monoisotopic (exact) mass is 393 g/mol. The van der Waals surface area contributed by atoms with Crippen molar-refractivity contribution in [3.05, 3.63) is 71.8 Å². The highest BCUT2D eigenvalue weighted by Crippen LogP contribution is 2.21. The van der Waals surface area contributed by atoms with Crippen molar-refractivity contribution in [1.29, 1.82) is 0 Å². The van der Waals surface area contributed by atoms with Gasteiger partial charge in [-0.25, -0.2) is 9.37 Å². The molecule has 1 atom stereocenters. The minimum atomic E-state index is -0.833. The van der Waals surface area contributed by atoms with E-state index in [1.165, 1.54) is 12.1 Å². The average Bonchev–Trinajstić information content (AvgIpc) is 3.38. The predicted octanol–water partition coefficient (Wildman–Crippen LogP) is 3.05. The molecule has 0 saturated heterocycles. The number of carbonyl (C=O) groups is 1. The first kappa shape index (κ1) is 18.8. The second-order valence-corrected chi connectivity index (χ2v) is 6.68. The molecular weight excluding hydrogens is 373 g/mol. The van der Waals surface area contributed by atoms with E-state index in [9.17, 15) is 14.3 Å². The number of rotatable bonds is 6. The lowest BCUT2D eigenvalue weighted by Gasteiger charge is -2.10. The van der Waals surface area contributed by atoms with Crippen molar-refractivity contribution in [3.8, 4) is 11.4 Å². The SMILES string of the molecule is CCn1cc(C(O)CNC(=O)c2ccc3nc(-c4ccc(F)cc4)[nH]c3c2)cn1. The molecule has 0 aliphatic carbocycles. The van der Waals surface area contributed by atoms with Gasteiger partial charge in [-0.05, 0) is 49.4 Å². The van der Waals surface area contributed by atoms with Crippen molar-refractivity contribution in [2.75, 3.05) is 6.54 Å². The fourth-order valence-electron chi connectivity index (χ4n) is 3.03. The number of amides is 1. The second-order valence-electron chi connectivity index (χ2n) is 6.68. The molecule has 0 aliphatic rings. The number of carbonyl (C=O) groups excluding carboxylic acids is 1. The summed E-state index contributed by atoms with van der Waals surface area (Å²) in [5, 5.41) is 17.1. The molecule has 7 nitrogen and oxygen atoms in total. The Bertz CT molecular complexity index is 1150. The highest BCUT2D eigenvalue weighted by atomic mass is 19.1. The van der Waals surface area contributed by atoms with E-state index in [2.05, 4.69) is 20.4 Å². The van der Waals surface area contributed by atoms with Gasteiger partial charge in [-0.1, -0.05) is 0 Å². The smallest absolute Gasteiger partial charge is 0.251 e. The molecule has 0 fully saturated rings. The van der Waals surface area contributed by atoms with Crippen LogP contribution in [-0.4, -0.2) is 37.3 Å². The zero-order valence-corrected chi connectivity index (χ0v) is 15.8. The summed E-state index contributed by atoms with van der Waals surface area (Å²) < 4.78 is 14.8. The molecule has 0 bridgehead atoms. The molecule has 4 rings (SSSR count). The number of aromatic nitrogens is 4. The van der Waals surface area contributed by atoms with Gasteiger partial charge in [0.15, 0.2) is 0 Å². The van der Waals surface area contributed by atoms with Crippen LogP contribution in [0.4, 0.5) is 4.39 Å². The Morgan fingerprint density at radius 3 is 2.79 bits per heavy atom. The van der Waals surface area contributed by atoms with Gasteiger partial charge in [0.2, 0.25) is 0 Å². The largest absolute Gasteiger partial charge is 0.386 e. The molecule has 2 aromatic heterocycles. The maximum atomic E-state index is 13.1. The first-order valence-electron chi connectivity index (χ1n) is 9.28. The summed E-state index contributed by atoms with van der Waals surface area (Å²) in [5.74, 6) is -0.0132.